The molecule has 2 unspecified atom stereocenters. The Morgan fingerprint density at radius 2 is 2.05 bits per heavy atom. The molecule has 4 nitrogen and oxygen atoms in total. The van der Waals surface area contributed by atoms with Crippen LogP contribution in [0, 0.1) is 5.92 Å². The molecule has 1 aromatic rings. The van der Waals surface area contributed by atoms with E-state index in [9.17, 15) is 4.79 Å². The lowest BCUT2D eigenvalue weighted by Crippen LogP contribution is -2.48. The lowest BCUT2D eigenvalue weighted by molar-refractivity contribution is -0.128. The Bertz CT molecular complexity index is 528. The number of hydrogen-bond acceptors (Lipinski definition) is 3. The van der Waals surface area contributed by atoms with E-state index in [-0.39, 0.29) is 17.9 Å². The summed E-state index contributed by atoms with van der Waals surface area (Å²) in [4.78, 5) is 14.6. The van der Waals surface area contributed by atoms with Gasteiger partial charge in [0, 0.05) is 12.6 Å². The molecule has 0 aliphatic carbocycles. The maximum Gasteiger partial charge on any atom is 0.268 e. The fourth-order valence-electron chi connectivity index (χ4n) is 2.74. The average Bonchev–Trinajstić information content (AvgIpc) is 2.52. The molecular formula is C18H28N2O2. The lowest BCUT2D eigenvalue weighted by Gasteiger charge is -2.36. The van der Waals surface area contributed by atoms with Gasteiger partial charge in [0.2, 0.25) is 0 Å². The number of hydrogen-bond donors (Lipinski definition) is 1. The first-order chi connectivity index (χ1) is 10.5. The predicted molar refractivity (Wildman–Crippen MR) is 90.2 cm³/mol. The van der Waals surface area contributed by atoms with Gasteiger partial charge in [0.15, 0.2) is 6.10 Å². The standard InChI is InChI=1S/C18H28N2O2/c1-5-7-10-20-15-11-13(14(19)6-2)8-9-16(15)22-17(12(3)4)18(20)21/h8-9,11-12,14,17H,5-7,10,19H2,1-4H3. The summed E-state index contributed by atoms with van der Waals surface area (Å²) in [6.45, 7) is 8.98. The van der Waals surface area contributed by atoms with Crippen LogP contribution in [0.1, 0.15) is 58.6 Å². The third kappa shape index (κ3) is 3.27. The van der Waals surface area contributed by atoms with Crippen molar-refractivity contribution in [3.05, 3.63) is 23.8 Å². The number of anilines is 1. The van der Waals surface area contributed by atoms with Crippen LogP contribution in [0.15, 0.2) is 18.2 Å². The van der Waals surface area contributed by atoms with E-state index in [1.54, 1.807) is 0 Å². The molecule has 0 aromatic heterocycles. The van der Waals surface area contributed by atoms with E-state index >= 15 is 0 Å². The summed E-state index contributed by atoms with van der Waals surface area (Å²) < 4.78 is 5.95. The summed E-state index contributed by atoms with van der Waals surface area (Å²) in [6, 6.07) is 5.99. The van der Waals surface area contributed by atoms with E-state index in [4.69, 9.17) is 10.5 Å². The molecule has 2 N–H and O–H groups in total. The first-order valence-corrected chi connectivity index (χ1v) is 8.37. The molecule has 0 spiro atoms. The van der Waals surface area contributed by atoms with Crippen molar-refractivity contribution in [2.75, 3.05) is 11.4 Å². The Morgan fingerprint density at radius 3 is 2.64 bits per heavy atom. The zero-order valence-electron chi connectivity index (χ0n) is 14.1. The van der Waals surface area contributed by atoms with E-state index in [1.807, 2.05) is 36.9 Å². The molecule has 0 radical (unpaired) electrons. The Balaban J connectivity index is 2.40. The number of carbonyl (C=O) groups excluding carboxylic acids is 1. The Morgan fingerprint density at radius 1 is 1.32 bits per heavy atom. The van der Waals surface area contributed by atoms with Crippen molar-refractivity contribution in [1.82, 2.24) is 0 Å². The van der Waals surface area contributed by atoms with Gasteiger partial charge in [0.1, 0.15) is 5.75 Å². The first-order valence-electron chi connectivity index (χ1n) is 8.37. The van der Waals surface area contributed by atoms with Gasteiger partial charge in [0.05, 0.1) is 5.69 Å². The van der Waals surface area contributed by atoms with Crippen LogP contribution in [0.25, 0.3) is 0 Å². The number of ether oxygens (including phenoxy) is 1. The van der Waals surface area contributed by atoms with Crippen LogP contribution in [-0.2, 0) is 4.79 Å². The van der Waals surface area contributed by atoms with Crippen LogP contribution in [-0.4, -0.2) is 18.6 Å². The third-order valence-electron chi connectivity index (χ3n) is 4.25. The van der Waals surface area contributed by atoms with Gasteiger partial charge in [0.25, 0.3) is 5.91 Å². The number of nitrogens with zero attached hydrogens (tertiary/aromatic N) is 1. The number of amides is 1. The number of carbonyl (C=O) groups is 1. The monoisotopic (exact) mass is 304 g/mol. The van der Waals surface area contributed by atoms with Crippen molar-refractivity contribution in [3.8, 4) is 5.75 Å². The Kier molecular flexibility index (Phi) is 5.46. The molecule has 0 fully saturated rings. The molecule has 2 atom stereocenters. The number of fused-ring (bicyclic) bond motifs is 1. The molecule has 1 aromatic carbocycles. The Labute approximate surface area is 133 Å². The molecule has 1 amide bonds. The normalized spacial score (nSPS) is 19.1. The van der Waals surface area contributed by atoms with Gasteiger partial charge in [-0.3, -0.25) is 4.79 Å². The summed E-state index contributed by atoms with van der Waals surface area (Å²) >= 11 is 0. The highest BCUT2D eigenvalue weighted by atomic mass is 16.5. The molecular weight excluding hydrogens is 276 g/mol. The molecule has 122 valence electrons. The number of rotatable bonds is 6. The summed E-state index contributed by atoms with van der Waals surface area (Å²) in [6.07, 6.45) is 2.52. The highest BCUT2D eigenvalue weighted by molar-refractivity contribution is 6.00. The van der Waals surface area contributed by atoms with E-state index in [0.717, 1.165) is 42.8 Å². The smallest absolute Gasteiger partial charge is 0.268 e. The van der Waals surface area contributed by atoms with Crippen molar-refractivity contribution < 1.29 is 9.53 Å². The molecule has 0 saturated heterocycles. The highest BCUT2D eigenvalue weighted by Crippen LogP contribution is 2.37. The second-order valence-corrected chi connectivity index (χ2v) is 6.37. The number of benzene rings is 1. The summed E-state index contributed by atoms with van der Waals surface area (Å²) in [7, 11) is 0. The fourth-order valence-corrected chi connectivity index (χ4v) is 2.74. The van der Waals surface area contributed by atoms with Gasteiger partial charge >= 0.3 is 0 Å². The maximum atomic E-state index is 12.8. The van der Waals surface area contributed by atoms with Crippen LogP contribution >= 0.6 is 0 Å². The van der Waals surface area contributed by atoms with E-state index in [1.165, 1.54) is 0 Å². The molecule has 1 aliphatic heterocycles. The van der Waals surface area contributed by atoms with Crippen molar-refractivity contribution >= 4 is 11.6 Å². The van der Waals surface area contributed by atoms with Crippen LogP contribution in [0.3, 0.4) is 0 Å². The van der Waals surface area contributed by atoms with Gasteiger partial charge < -0.3 is 15.4 Å². The minimum atomic E-state index is -0.393. The van der Waals surface area contributed by atoms with Gasteiger partial charge in [-0.05, 0) is 36.5 Å². The molecule has 0 bridgehead atoms. The van der Waals surface area contributed by atoms with E-state index in [2.05, 4.69) is 13.8 Å². The number of unbranched alkanes of at least 4 members (excludes halogenated alkanes) is 1. The van der Waals surface area contributed by atoms with Crippen molar-refractivity contribution in [2.24, 2.45) is 11.7 Å². The summed E-state index contributed by atoms with van der Waals surface area (Å²) in [5, 5.41) is 0. The Hall–Kier alpha value is -1.55. The molecule has 22 heavy (non-hydrogen) atoms. The van der Waals surface area contributed by atoms with Gasteiger partial charge in [-0.2, -0.15) is 0 Å². The van der Waals surface area contributed by atoms with Crippen molar-refractivity contribution in [3.63, 3.8) is 0 Å². The van der Waals surface area contributed by atoms with E-state index in [0.29, 0.717) is 0 Å². The third-order valence-corrected chi connectivity index (χ3v) is 4.25. The maximum absolute atomic E-state index is 12.8. The number of nitrogens with two attached hydrogens (primary N) is 1. The zero-order valence-corrected chi connectivity index (χ0v) is 14.1. The quantitative estimate of drug-likeness (QED) is 0.873. The molecule has 0 saturated carbocycles. The molecule has 4 heteroatoms. The van der Waals surface area contributed by atoms with Crippen LogP contribution in [0.2, 0.25) is 0 Å². The van der Waals surface area contributed by atoms with E-state index < -0.39 is 6.10 Å². The van der Waals surface area contributed by atoms with Crippen LogP contribution in [0.5, 0.6) is 5.75 Å². The molecule has 1 aliphatic rings. The minimum absolute atomic E-state index is 0.00347. The summed E-state index contributed by atoms with van der Waals surface area (Å²) in [5.41, 5.74) is 8.07. The van der Waals surface area contributed by atoms with Gasteiger partial charge in [-0.15, -0.1) is 0 Å². The van der Waals surface area contributed by atoms with Crippen molar-refractivity contribution in [2.45, 2.75) is 59.1 Å². The van der Waals surface area contributed by atoms with Gasteiger partial charge in [-0.1, -0.05) is 40.2 Å². The fraction of sp³-hybridized carbons (Fsp3) is 0.611. The molecule has 1 heterocycles. The topological polar surface area (TPSA) is 55.6 Å². The van der Waals surface area contributed by atoms with Crippen LogP contribution < -0.4 is 15.4 Å². The second kappa shape index (κ2) is 7.14. The minimum Gasteiger partial charge on any atom is -0.478 e. The molecule has 2 rings (SSSR count). The van der Waals surface area contributed by atoms with Crippen molar-refractivity contribution in [1.29, 1.82) is 0 Å². The zero-order chi connectivity index (χ0) is 16.3. The second-order valence-electron chi connectivity index (χ2n) is 6.37. The lowest BCUT2D eigenvalue weighted by atomic mass is 10.00. The highest BCUT2D eigenvalue weighted by Gasteiger charge is 2.36. The predicted octanol–water partition coefficient (Wildman–Crippen LogP) is 3.65. The average molecular weight is 304 g/mol. The van der Waals surface area contributed by atoms with Gasteiger partial charge in [-0.25, -0.2) is 0 Å². The first kappa shape index (κ1) is 16.8. The SMILES string of the molecule is CCCCN1C(=O)C(C(C)C)Oc2ccc(C(N)CC)cc21. The van der Waals surface area contributed by atoms with Crippen LogP contribution in [0.4, 0.5) is 5.69 Å². The largest absolute Gasteiger partial charge is 0.478 e. The summed E-state index contributed by atoms with van der Waals surface area (Å²) in [5.74, 6) is 1.02.